The minimum Gasteiger partial charge on any atom is -0.387 e. The molecule has 4 rings (SSSR count). The zero-order valence-corrected chi connectivity index (χ0v) is 15.1. The molecule has 3 atom stereocenters. The standard InChI is InChI=1S/C20H25ClN2O/c1-18(2)8-3-9-19(20(18,24)13-23-11-10-22-14-23)12-17(19)15-4-6-16(21)7-5-15/h4-7,10-11,14,17,24H,3,8-9,12-13H2,1-2H3. The lowest BCUT2D eigenvalue weighted by Crippen LogP contribution is -2.57. The van der Waals surface area contributed by atoms with E-state index in [1.165, 1.54) is 12.0 Å². The van der Waals surface area contributed by atoms with Crippen molar-refractivity contribution < 1.29 is 5.11 Å². The van der Waals surface area contributed by atoms with Crippen molar-refractivity contribution >= 4 is 11.6 Å². The van der Waals surface area contributed by atoms with Crippen molar-refractivity contribution in [3.8, 4) is 0 Å². The molecule has 2 fully saturated rings. The van der Waals surface area contributed by atoms with E-state index in [4.69, 9.17) is 11.6 Å². The quantitative estimate of drug-likeness (QED) is 0.880. The molecule has 1 N–H and O–H groups in total. The van der Waals surface area contributed by atoms with Gasteiger partial charge in [0.25, 0.3) is 0 Å². The largest absolute Gasteiger partial charge is 0.387 e. The summed E-state index contributed by atoms with van der Waals surface area (Å²) in [5.41, 5.74) is 0.424. The van der Waals surface area contributed by atoms with Crippen LogP contribution in [0.3, 0.4) is 0 Å². The second-order valence-electron chi connectivity index (χ2n) is 8.30. The average molecular weight is 345 g/mol. The average Bonchev–Trinajstić information content (AvgIpc) is 3.03. The first-order valence-corrected chi connectivity index (χ1v) is 9.19. The third-order valence-electron chi connectivity index (χ3n) is 6.69. The van der Waals surface area contributed by atoms with Gasteiger partial charge in [0.15, 0.2) is 0 Å². The normalized spacial score (nSPS) is 34.4. The summed E-state index contributed by atoms with van der Waals surface area (Å²) in [4.78, 5) is 4.16. The smallest absolute Gasteiger partial charge is 0.0946 e. The van der Waals surface area contributed by atoms with Crippen molar-refractivity contribution in [3.05, 3.63) is 53.6 Å². The van der Waals surface area contributed by atoms with Gasteiger partial charge in [-0.3, -0.25) is 0 Å². The Morgan fingerprint density at radius 1 is 1.25 bits per heavy atom. The highest BCUT2D eigenvalue weighted by Crippen LogP contribution is 2.74. The van der Waals surface area contributed by atoms with Crippen molar-refractivity contribution in [1.82, 2.24) is 9.55 Å². The monoisotopic (exact) mass is 344 g/mol. The number of aromatic nitrogens is 2. The van der Waals surface area contributed by atoms with Gasteiger partial charge >= 0.3 is 0 Å². The third-order valence-corrected chi connectivity index (χ3v) is 6.94. The van der Waals surface area contributed by atoms with Crippen LogP contribution in [0.4, 0.5) is 0 Å². The van der Waals surface area contributed by atoms with E-state index < -0.39 is 5.60 Å². The molecule has 2 saturated carbocycles. The zero-order chi connectivity index (χ0) is 17.0. The van der Waals surface area contributed by atoms with Gasteiger partial charge in [0.1, 0.15) is 0 Å². The molecule has 4 heteroatoms. The molecule has 1 aromatic heterocycles. The molecule has 3 unspecified atom stereocenters. The Bertz CT molecular complexity index is 725. The van der Waals surface area contributed by atoms with Gasteiger partial charge in [-0.15, -0.1) is 0 Å². The molecule has 3 nitrogen and oxygen atoms in total. The van der Waals surface area contributed by atoms with Gasteiger partial charge in [-0.2, -0.15) is 0 Å². The summed E-state index contributed by atoms with van der Waals surface area (Å²) in [7, 11) is 0. The Labute approximate surface area is 148 Å². The molecule has 0 radical (unpaired) electrons. The van der Waals surface area contributed by atoms with Crippen LogP contribution in [-0.4, -0.2) is 20.3 Å². The summed E-state index contributed by atoms with van der Waals surface area (Å²) in [5.74, 6) is 0.419. The number of benzene rings is 1. The first kappa shape index (κ1) is 16.2. The van der Waals surface area contributed by atoms with E-state index in [-0.39, 0.29) is 10.8 Å². The molecular formula is C20H25ClN2O. The summed E-state index contributed by atoms with van der Waals surface area (Å²) in [6, 6.07) is 8.18. The first-order chi connectivity index (χ1) is 11.4. The number of rotatable bonds is 3. The maximum atomic E-state index is 12.0. The van der Waals surface area contributed by atoms with Gasteiger partial charge in [0.05, 0.1) is 18.5 Å². The highest BCUT2D eigenvalue weighted by Gasteiger charge is 2.71. The van der Waals surface area contributed by atoms with E-state index in [2.05, 4.69) is 31.0 Å². The van der Waals surface area contributed by atoms with Gasteiger partial charge in [0.2, 0.25) is 0 Å². The molecule has 128 valence electrons. The van der Waals surface area contributed by atoms with Gasteiger partial charge in [-0.05, 0) is 48.3 Å². The van der Waals surface area contributed by atoms with Gasteiger partial charge in [0, 0.05) is 22.8 Å². The number of hydrogen-bond donors (Lipinski definition) is 1. The number of halogens is 1. The van der Waals surface area contributed by atoms with E-state index >= 15 is 0 Å². The summed E-state index contributed by atoms with van der Waals surface area (Å²) < 4.78 is 2.03. The summed E-state index contributed by atoms with van der Waals surface area (Å²) in [5, 5.41) is 12.7. The predicted molar refractivity (Wildman–Crippen MR) is 96.1 cm³/mol. The van der Waals surface area contributed by atoms with Crippen LogP contribution in [-0.2, 0) is 6.54 Å². The van der Waals surface area contributed by atoms with Crippen LogP contribution in [0.5, 0.6) is 0 Å². The fraction of sp³-hybridized carbons (Fsp3) is 0.550. The SMILES string of the molecule is CC1(C)CCCC2(CC2c2ccc(Cl)cc2)C1(O)Cn1ccnc1. The molecule has 2 aromatic rings. The molecule has 0 bridgehead atoms. The summed E-state index contributed by atoms with van der Waals surface area (Å²) in [6.45, 7) is 5.06. The molecule has 2 aliphatic carbocycles. The number of nitrogens with zero attached hydrogens (tertiary/aromatic N) is 2. The third kappa shape index (κ3) is 2.25. The van der Waals surface area contributed by atoms with E-state index in [1.807, 2.05) is 29.2 Å². The Morgan fingerprint density at radius 2 is 2.00 bits per heavy atom. The van der Waals surface area contributed by atoms with Crippen LogP contribution >= 0.6 is 11.6 Å². The Hall–Kier alpha value is -1.32. The molecule has 24 heavy (non-hydrogen) atoms. The van der Waals surface area contributed by atoms with Crippen molar-refractivity contribution in [3.63, 3.8) is 0 Å². The van der Waals surface area contributed by atoms with Crippen LogP contribution in [0.15, 0.2) is 43.0 Å². The van der Waals surface area contributed by atoms with Gasteiger partial charge < -0.3 is 9.67 Å². The molecule has 0 amide bonds. The fourth-order valence-electron chi connectivity index (χ4n) is 5.12. The highest BCUT2D eigenvalue weighted by atomic mass is 35.5. The maximum absolute atomic E-state index is 12.0. The number of aliphatic hydroxyl groups is 1. The van der Waals surface area contributed by atoms with E-state index in [0.717, 1.165) is 24.3 Å². The van der Waals surface area contributed by atoms with Crippen LogP contribution in [0.2, 0.25) is 5.02 Å². The maximum Gasteiger partial charge on any atom is 0.0946 e. The van der Waals surface area contributed by atoms with Gasteiger partial charge in [-0.25, -0.2) is 4.98 Å². The summed E-state index contributed by atoms with van der Waals surface area (Å²) in [6.07, 6.45) is 9.95. The van der Waals surface area contributed by atoms with Crippen molar-refractivity contribution in [2.45, 2.75) is 57.6 Å². The fourth-order valence-corrected chi connectivity index (χ4v) is 5.25. The Balaban J connectivity index is 1.71. The molecule has 0 saturated heterocycles. The van der Waals surface area contributed by atoms with E-state index in [1.54, 1.807) is 6.20 Å². The minimum atomic E-state index is -0.733. The van der Waals surface area contributed by atoms with Gasteiger partial charge in [-0.1, -0.05) is 44.0 Å². The van der Waals surface area contributed by atoms with Crippen molar-refractivity contribution in [2.24, 2.45) is 10.8 Å². The first-order valence-electron chi connectivity index (χ1n) is 8.82. The molecule has 1 heterocycles. The predicted octanol–water partition coefficient (Wildman–Crippen LogP) is 4.65. The van der Waals surface area contributed by atoms with Crippen LogP contribution in [0, 0.1) is 10.8 Å². The summed E-state index contributed by atoms with van der Waals surface area (Å²) >= 11 is 6.05. The lowest BCUT2D eigenvalue weighted by Gasteiger charge is -2.53. The molecule has 2 aliphatic rings. The zero-order valence-electron chi connectivity index (χ0n) is 14.4. The number of imidazole rings is 1. The highest BCUT2D eigenvalue weighted by molar-refractivity contribution is 6.30. The second kappa shape index (κ2) is 5.34. The Morgan fingerprint density at radius 3 is 2.67 bits per heavy atom. The van der Waals surface area contributed by atoms with Crippen LogP contribution < -0.4 is 0 Å². The topological polar surface area (TPSA) is 38.0 Å². The molecular weight excluding hydrogens is 320 g/mol. The van der Waals surface area contributed by atoms with Crippen LogP contribution in [0.1, 0.15) is 51.0 Å². The Kier molecular flexibility index (Phi) is 3.59. The second-order valence-corrected chi connectivity index (χ2v) is 8.73. The minimum absolute atomic E-state index is 0.0349. The van der Waals surface area contributed by atoms with E-state index in [9.17, 15) is 5.11 Å². The van der Waals surface area contributed by atoms with Crippen LogP contribution in [0.25, 0.3) is 0 Å². The van der Waals surface area contributed by atoms with Crippen molar-refractivity contribution in [2.75, 3.05) is 0 Å². The molecule has 1 aromatic carbocycles. The lowest BCUT2D eigenvalue weighted by atomic mass is 9.57. The lowest BCUT2D eigenvalue weighted by molar-refractivity contribution is -0.163. The number of hydrogen-bond acceptors (Lipinski definition) is 2. The van der Waals surface area contributed by atoms with E-state index in [0.29, 0.717) is 12.5 Å². The van der Waals surface area contributed by atoms with Crippen molar-refractivity contribution in [1.29, 1.82) is 0 Å². The molecule has 1 spiro atoms. The molecule has 0 aliphatic heterocycles.